The van der Waals surface area contributed by atoms with Gasteiger partial charge < -0.3 is 13.9 Å². The van der Waals surface area contributed by atoms with Crippen LogP contribution in [0.15, 0.2) is 0 Å². The minimum absolute atomic E-state index is 0.210. The zero-order valence-corrected chi connectivity index (χ0v) is 16.8. The van der Waals surface area contributed by atoms with Crippen molar-refractivity contribution in [3.63, 3.8) is 0 Å². The Balaban J connectivity index is 1.72. The van der Waals surface area contributed by atoms with E-state index in [9.17, 15) is 0 Å². The van der Waals surface area contributed by atoms with Crippen molar-refractivity contribution in [3.05, 3.63) is 0 Å². The van der Waals surface area contributed by atoms with E-state index in [1.165, 1.54) is 6.42 Å². The van der Waals surface area contributed by atoms with E-state index >= 15 is 0 Å². The highest BCUT2D eigenvalue weighted by atomic mass is 28.4. The zero-order valence-electron chi connectivity index (χ0n) is 15.8. The van der Waals surface area contributed by atoms with E-state index in [4.69, 9.17) is 23.7 Å². The summed E-state index contributed by atoms with van der Waals surface area (Å²) in [6, 6.07) is 0. The lowest BCUT2D eigenvalue weighted by molar-refractivity contribution is -0.576. The maximum atomic E-state index is 6.42. The molecule has 1 spiro atoms. The molecule has 0 N–H and O–H groups in total. The average Bonchev–Trinajstić information content (AvgIpc) is 2.69. The van der Waals surface area contributed by atoms with Crippen LogP contribution >= 0.6 is 0 Å². The first-order valence-electron chi connectivity index (χ1n) is 9.52. The molecule has 1 saturated carbocycles. The van der Waals surface area contributed by atoms with Crippen LogP contribution in [0.5, 0.6) is 0 Å². The molecule has 5 aliphatic rings. The van der Waals surface area contributed by atoms with Crippen LogP contribution in [-0.2, 0) is 23.7 Å². The van der Waals surface area contributed by atoms with Crippen molar-refractivity contribution in [2.75, 3.05) is 0 Å². The van der Waals surface area contributed by atoms with Gasteiger partial charge in [-0.2, -0.15) is 0 Å². The summed E-state index contributed by atoms with van der Waals surface area (Å²) in [6.07, 6.45) is 3.67. The zero-order chi connectivity index (χ0) is 17.3. The van der Waals surface area contributed by atoms with Gasteiger partial charge in [-0.3, -0.25) is 0 Å². The lowest BCUT2D eigenvalue weighted by Crippen LogP contribution is -2.70. The van der Waals surface area contributed by atoms with Gasteiger partial charge in [-0.15, -0.1) is 0 Å². The third-order valence-electron chi connectivity index (χ3n) is 6.57. The Labute approximate surface area is 146 Å². The maximum absolute atomic E-state index is 6.42. The predicted molar refractivity (Wildman–Crippen MR) is 91.3 cm³/mol. The van der Waals surface area contributed by atoms with Crippen molar-refractivity contribution in [3.8, 4) is 0 Å². The van der Waals surface area contributed by atoms with E-state index in [0.29, 0.717) is 17.8 Å². The molecule has 2 bridgehead atoms. The highest BCUT2D eigenvalue weighted by Crippen LogP contribution is 2.60. The summed E-state index contributed by atoms with van der Waals surface area (Å²) in [6.45, 7) is 13.2. The molecule has 4 saturated heterocycles. The standard InChI is InChI=1S/C18H32O5Si/c1-11-7-8-14-12(2)15(21-24(4,5)6)19-16-18(14)13(11)9-10-17(3,20-16)22-23-18/h11-16H,7-10H2,1-6H3/t11?,12-,13?,14?,15+,16?,17+,18-/m1/s1. The molecule has 5 fully saturated rings. The summed E-state index contributed by atoms with van der Waals surface area (Å²) in [5.74, 6) is 0.934. The van der Waals surface area contributed by atoms with Crippen LogP contribution in [0, 0.1) is 23.7 Å². The van der Waals surface area contributed by atoms with E-state index < -0.39 is 26.0 Å². The van der Waals surface area contributed by atoms with Gasteiger partial charge in [0.15, 0.2) is 26.5 Å². The fraction of sp³-hybridized carbons (Fsp3) is 1.00. The highest BCUT2D eigenvalue weighted by Gasteiger charge is 2.69. The molecule has 0 aromatic carbocycles. The molecular formula is C18H32O5Si. The second-order valence-electron chi connectivity index (χ2n) is 9.50. The van der Waals surface area contributed by atoms with Crippen molar-refractivity contribution in [2.45, 2.75) is 90.1 Å². The molecule has 0 aromatic rings. The van der Waals surface area contributed by atoms with Gasteiger partial charge in [-0.1, -0.05) is 13.8 Å². The van der Waals surface area contributed by atoms with Crippen molar-refractivity contribution in [1.82, 2.24) is 0 Å². The Morgan fingerprint density at radius 1 is 1.00 bits per heavy atom. The van der Waals surface area contributed by atoms with Crippen molar-refractivity contribution in [1.29, 1.82) is 0 Å². The Morgan fingerprint density at radius 3 is 2.46 bits per heavy atom. The number of ether oxygens (including phenoxy) is 2. The summed E-state index contributed by atoms with van der Waals surface area (Å²) in [4.78, 5) is 12.0. The minimum Gasteiger partial charge on any atom is -0.393 e. The molecule has 24 heavy (non-hydrogen) atoms. The fourth-order valence-corrected chi connectivity index (χ4v) is 6.32. The summed E-state index contributed by atoms with van der Waals surface area (Å²) in [7, 11) is -1.71. The summed E-state index contributed by atoms with van der Waals surface area (Å²) in [5.41, 5.74) is -0.480. The van der Waals surface area contributed by atoms with Crippen molar-refractivity contribution >= 4 is 8.32 Å². The SMILES string of the molecule is CC1CCC2[C@@H](C)[C@H](O[Si](C)(C)C)OC3O[C@]4(C)CCC1[C@]32OO4. The van der Waals surface area contributed by atoms with Crippen LogP contribution in [0.4, 0.5) is 0 Å². The maximum Gasteiger partial charge on any atom is 0.201 e. The smallest absolute Gasteiger partial charge is 0.201 e. The second kappa shape index (κ2) is 5.51. The van der Waals surface area contributed by atoms with E-state index in [2.05, 4.69) is 33.5 Å². The Bertz CT molecular complexity index is 508. The summed E-state index contributed by atoms with van der Waals surface area (Å²) < 4.78 is 19.1. The first-order valence-corrected chi connectivity index (χ1v) is 12.9. The van der Waals surface area contributed by atoms with E-state index in [0.717, 1.165) is 19.3 Å². The molecule has 1 aliphatic carbocycles. The molecule has 8 atom stereocenters. The topological polar surface area (TPSA) is 46.2 Å². The largest absolute Gasteiger partial charge is 0.393 e. The predicted octanol–water partition coefficient (Wildman–Crippen LogP) is 4.05. The molecule has 4 heterocycles. The highest BCUT2D eigenvalue weighted by molar-refractivity contribution is 6.69. The van der Waals surface area contributed by atoms with Gasteiger partial charge in [-0.05, 0) is 57.7 Å². The molecule has 138 valence electrons. The van der Waals surface area contributed by atoms with Gasteiger partial charge in [0.25, 0.3) is 0 Å². The molecule has 0 radical (unpaired) electrons. The average molecular weight is 357 g/mol. The Kier molecular flexibility index (Phi) is 4.00. The van der Waals surface area contributed by atoms with E-state index in [1.54, 1.807) is 0 Å². The van der Waals surface area contributed by atoms with Gasteiger partial charge in [0.2, 0.25) is 5.79 Å². The quantitative estimate of drug-likeness (QED) is 0.552. The molecule has 0 aromatic heterocycles. The monoisotopic (exact) mass is 356 g/mol. The second-order valence-corrected chi connectivity index (χ2v) is 14.0. The fourth-order valence-electron chi connectivity index (χ4n) is 5.36. The molecular weight excluding hydrogens is 324 g/mol. The number of hydrogen-bond donors (Lipinski definition) is 0. The summed E-state index contributed by atoms with van der Waals surface area (Å²) >= 11 is 0. The van der Waals surface area contributed by atoms with Gasteiger partial charge in [-0.25, -0.2) is 9.78 Å². The number of fused-ring (bicyclic) bond motifs is 2. The lowest BCUT2D eigenvalue weighted by atomic mass is 9.58. The lowest BCUT2D eigenvalue weighted by Gasteiger charge is -2.60. The third kappa shape index (κ3) is 2.53. The van der Waals surface area contributed by atoms with Gasteiger partial charge in [0.1, 0.15) is 0 Å². The third-order valence-corrected chi connectivity index (χ3v) is 7.51. The Morgan fingerprint density at radius 2 is 1.75 bits per heavy atom. The van der Waals surface area contributed by atoms with Gasteiger partial charge in [0, 0.05) is 18.3 Å². The minimum atomic E-state index is -1.71. The first-order chi connectivity index (χ1) is 11.1. The number of rotatable bonds is 2. The number of hydrogen-bond acceptors (Lipinski definition) is 5. The van der Waals surface area contributed by atoms with Crippen molar-refractivity contribution in [2.24, 2.45) is 23.7 Å². The normalized spacial score (nSPS) is 54.2. The van der Waals surface area contributed by atoms with Crippen LogP contribution < -0.4 is 0 Å². The first kappa shape index (κ1) is 17.4. The molecule has 6 heteroatoms. The molecule has 5 nitrogen and oxygen atoms in total. The van der Waals surface area contributed by atoms with Crippen LogP contribution in [0.2, 0.25) is 19.6 Å². The Hall–Kier alpha value is 0.0169. The molecule has 4 aliphatic heterocycles. The molecule has 4 unspecified atom stereocenters. The van der Waals surface area contributed by atoms with Crippen LogP contribution in [0.3, 0.4) is 0 Å². The van der Waals surface area contributed by atoms with Gasteiger partial charge >= 0.3 is 0 Å². The van der Waals surface area contributed by atoms with Crippen LogP contribution in [0.1, 0.15) is 46.5 Å². The molecule has 5 rings (SSSR count). The van der Waals surface area contributed by atoms with E-state index in [-0.39, 0.29) is 12.2 Å². The summed E-state index contributed by atoms with van der Waals surface area (Å²) in [5, 5.41) is 0. The van der Waals surface area contributed by atoms with Crippen molar-refractivity contribution < 1.29 is 23.7 Å². The molecule has 0 amide bonds. The van der Waals surface area contributed by atoms with E-state index in [1.807, 2.05) is 6.92 Å². The van der Waals surface area contributed by atoms with Crippen LogP contribution in [0.25, 0.3) is 0 Å². The van der Waals surface area contributed by atoms with Gasteiger partial charge in [0.05, 0.1) is 0 Å². The van der Waals surface area contributed by atoms with Crippen LogP contribution in [-0.4, -0.2) is 32.3 Å².